The van der Waals surface area contributed by atoms with Crippen molar-refractivity contribution in [3.8, 4) is 5.88 Å². The Kier molecular flexibility index (Phi) is 4.09. The maximum absolute atomic E-state index is 12.6. The summed E-state index contributed by atoms with van der Waals surface area (Å²) < 4.78 is 64.5. The highest BCUT2D eigenvalue weighted by molar-refractivity contribution is 7.88. The third-order valence-electron chi connectivity index (χ3n) is 4.34. The summed E-state index contributed by atoms with van der Waals surface area (Å²) in [7, 11) is -5.98. The molecule has 2 unspecified atom stereocenters. The minimum absolute atomic E-state index is 0.0205. The molecular weight excluding hydrogens is 365 g/mol. The topological polar surface area (TPSA) is 108 Å². The highest BCUT2D eigenvalue weighted by Crippen LogP contribution is 2.44. The first-order valence-corrected chi connectivity index (χ1v) is 8.93. The largest absolute Gasteiger partial charge is 0.543 e. The highest BCUT2D eigenvalue weighted by atomic mass is 32.2. The highest BCUT2D eigenvalue weighted by Gasteiger charge is 2.49. The van der Waals surface area contributed by atoms with Crippen molar-refractivity contribution in [2.45, 2.75) is 37.7 Å². The van der Waals surface area contributed by atoms with E-state index in [1.54, 1.807) is 0 Å². The van der Waals surface area contributed by atoms with Crippen molar-refractivity contribution in [3.63, 3.8) is 0 Å². The zero-order valence-corrected chi connectivity index (χ0v) is 13.8. The Morgan fingerprint density at radius 1 is 1.40 bits per heavy atom. The number of nitrogens with zero attached hydrogens (tertiary/aromatic N) is 1. The predicted octanol–water partition coefficient (Wildman–Crippen LogP) is 1.06. The number of aromatic nitrogens is 1. The molecule has 0 amide bonds. The van der Waals surface area contributed by atoms with Gasteiger partial charge in [0.2, 0.25) is 0 Å². The van der Waals surface area contributed by atoms with E-state index in [4.69, 9.17) is 0 Å². The number of rotatable bonds is 4. The minimum Gasteiger partial charge on any atom is -0.543 e. The standard InChI is InChI=1S/C14H15F3N2O5S/c1-6-4-8-5-9(13(20)21)18-12(24-25(22,23)14(15,16)17)11(8)19-10(6)7-2-3-7/h5-7,10,19H,2-4H2,1H3,(H,20,21)/p-1. The van der Waals surface area contributed by atoms with Gasteiger partial charge in [0.25, 0.3) is 5.88 Å². The zero-order chi connectivity index (χ0) is 18.6. The van der Waals surface area contributed by atoms with Crippen molar-refractivity contribution in [2.75, 3.05) is 5.32 Å². The third-order valence-corrected chi connectivity index (χ3v) is 5.29. The average molecular weight is 379 g/mol. The molecule has 2 heterocycles. The van der Waals surface area contributed by atoms with E-state index in [2.05, 4.69) is 14.5 Å². The van der Waals surface area contributed by atoms with Crippen LogP contribution in [0.4, 0.5) is 18.9 Å². The molecule has 25 heavy (non-hydrogen) atoms. The molecule has 138 valence electrons. The second-order valence-electron chi connectivity index (χ2n) is 6.31. The first-order chi connectivity index (χ1) is 11.5. The quantitative estimate of drug-likeness (QED) is 0.615. The number of fused-ring (bicyclic) bond motifs is 1. The summed E-state index contributed by atoms with van der Waals surface area (Å²) in [6, 6.07) is 1.09. The number of halogens is 3. The summed E-state index contributed by atoms with van der Waals surface area (Å²) in [6.45, 7) is 1.92. The molecule has 1 saturated carbocycles. The molecule has 11 heteroatoms. The Balaban J connectivity index is 2.06. The zero-order valence-electron chi connectivity index (χ0n) is 13.0. The molecule has 0 saturated heterocycles. The summed E-state index contributed by atoms with van der Waals surface area (Å²) in [5.41, 5.74) is -6.04. The minimum atomic E-state index is -5.98. The number of anilines is 1. The predicted molar refractivity (Wildman–Crippen MR) is 77.2 cm³/mol. The van der Waals surface area contributed by atoms with Crippen molar-refractivity contribution in [1.82, 2.24) is 4.98 Å². The van der Waals surface area contributed by atoms with Gasteiger partial charge in [-0.2, -0.15) is 21.6 Å². The number of pyridine rings is 1. The molecule has 7 nitrogen and oxygen atoms in total. The number of alkyl halides is 3. The maximum atomic E-state index is 12.6. The Labute approximate surface area is 141 Å². The fourth-order valence-corrected chi connectivity index (χ4v) is 3.45. The lowest BCUT2D eigenvalue weighted by molar-refractivity contribution is -0.255. The van der Waals surface area contributed by atoms with Crippen LogP contribution in [-0.4, -0.2) is 30.9 Å². The normalized spacial score (nSPS) is 23.5. The van der Waals surface area contributed by atoms with Gasteiger partial charge >= 0.3 is 15.6 Å². The van der Waals surface area contributed by atoms with E-state index in [9.17, 15) is 31.5 Å². The van der Waals surface area contributed by atoms with Crippen molar-refractivity contribution in [1.29, 1.82) is 0 Å². The lowest BCUT2D eigenvalue weighted by Gasteiger charge is -2.33. The van der Waals surface area contributed by atoms with Gasteiger partial charge in [0, 0.05) is 6.04 Å². The molecule has 0 aromatic carbocycles. The lowest BCUT2D eigenvalue weighted by atomic mass is 9.86. The molecule has 1 N–H and O–H groups in total. The van der Waals surface area contributed by atoms with E-state index in [0.29, 0.717) is 17.9 Å². The van der Waals surface area contributed by atoms with Crippen LogP contribution in [0.25, 0.3) is 0 Å². The molecule has 1 aliphatic carbocycles. The van der Waals surface area contributed by atoms with Crippen LogP contribution in [-0.2, 0) is 16.5 Å². The summed E-state index contributed by atoms with van der Waals surface area (Å²) in [5.74, 6) is -2.25. The molecule has 1 aromatic rings. The summed E-state index contributed by atoms with van der Waals surface area (Å²) in [6.07, 6.45) is 2.27. The van der Waals surface area contributed by atoms with E-state index < -0.39 is 33.2 Å². The Bertz CT molecular complexity index is 820. The number of nitrogens with one attached hydrogen (secondary N) is 1. The van der Waals surface area contributed by atoms with Crippen LogP contribution in [0, 0.1) is 11.8 Å². The Morgan fingerprint density at radius 3 is 2.56 bits per heavy atom. The van der Waals surface area contributed by atoms with Crippen LogP contribution in [0.2, 0.25) is 0 Å². The first-order valence-electron chi connectivity index (χ1n) is 7.52. The van der Waals surface area contributed by atoms with Gasteiger partial charge in [0.05, 0.1) is 11.7 Å². The van der Waals surface area contributed by atoms with Crippen molar-refractivity contribution in [2.24, 2.45) is 11.8 Å². The van der Waals surface area contributed by atoms with Crippen molar-refractivity contribution in [3.05, 3.63) is 17.3 Å². The van der Waals surface area contributed by atoms with Crippen molar-refractivity contribution >= 4 is 21.8 Å². The Morgan fingerprint density at radius 2 is 2.04 bits per heavy atom. The van der Waals surface area contributed by atoms with E-state index in [0.717, 1.165) is 18.9 Å². The fourth-order valence-electron chi connectivity index (χ4n) is 3.02. The number of hydrogen-bond donors (Lipinski definition) is 1. The van der Waals surface area contributed by atoms with E-state index in [1.807, 2.05) is 6.92 Å². The van der Waals surface area contributed by atoms with Crippen molar-refractivity contribution < 1.29 is 35.7 Å². The van der Waals surface area contributed by atoms with Gasteiger partial charge in [-0.25, -0.2) is 4.98 Å². The second kappa shape index (κ2) is 5.75. The molecule has 1 aromatic heterocycles. The molecule has 0 radical (unpaired) electrons. The van der Waals surface area contributed by atoms with Gasteiger partial charge in [-0.05, 0) is 42.7 Å². The van der Waals surface area contributed by atoms with Gasteiger partial charge in [0.15, 0.2) is 0 Å². The molecule has 0 spiro atoms. The van der Waals surface area contributed by atoms with Crippen LogP contribution in [0.5, 0.6) is 5.88 Å². The summed E-state index contributed by atoms with van der Waals surface area (Å²) in [4.78, 5) is 14.4. The van der Waals surface area contributed by atoms with Gasteiger partial charge in [0.1, 0.15) is 5.69 Å². The third kappa shape index (κ3) is 3.37. The second-order valence-corrected chi connectivity index (χ2v) is 7.84. The molecule has 3 rings (SSSR count). The van der Waals surface area contributed by atoms with Crippen LogP contribution >= 0.6 is 0 Å². The SMILES string of the molecule is CC1Cc2cc(C(=O)[O-])nc(OS(=O)(=O)C(F)(F)F)c2NC1C1CC1. The molecule has 2 aliphatic rings. The molecule has 0 bridgehead atoms. The van der Waals surface area contributed by atoms with Gasteiger partial charge in [-0.15, -0.1) is 0 Å². The molecule has 2 atom stereocenters. The van der Waals surface area contributed by atoms with Gasteiger partial charge in [-0.1, -0.05) is 6.92 Å². The number of carbonyl (C=O) groups excluding carboxylic acids is 1. The number of carboxylic acids is 1. The molecule has 1 aliphatic heterocycles. The van der Waals surface area contributed by atoms with Crippen LogP contribution in [0.1, 0.15) is 35.8 Å². The molecular formula is C14H14F3N2O5S-. The fraction of sp³-hybridized carbons (Fsp3) is 0.571. The van der Waals surface area contributed by atoms with E-state index in [1.165, 1.54) is 0 Å². The maximum Gasteiger partial charge on any atom is 0.534 e. The van der Waals surface area contributed by atoms with Gasteiger partial charge in [-0.3, -0.25) is 0 Å². The monoisotopic (exact) mass is 379 g/mol. The number of carbonyl (C=O) groups is 1. The average Bonchev–Trinajstić information content (AvgIpc) is 3.29. The summed E-state index contributed by atoms with van der Waals surface area (Å²) in [5, 5.41) is 14.0. The number of aromatic carboxylic acids is 1. The molecule has 1 fully saturated rings. The number of carboxylic acid groups (broad SMARTS) is 1. The van der Waals surface area contributed by atoms with Gasteiger partial charge < -0.3 is 19.4 Å². The number of hydrogen-bond acceptors (Lipinski definition) is 7. The Hall–Kier alpha value is -2.04. The van der Waals surface area contributed by atoms with E-state index >= 15 is 0 Å². The smallest absolute Gasteiger partial charge is 0.534 e. The lowest BCUT2D eigenvalue weighted by Crippen LogP contribution is -2.37. The summed E-state index contributed by atoms with van der Waals surface area (Å²) >= 11 is 0. The van der Waals surface area contributed by atoms with Crippen LogP contribution < -0.4 is 14.6 Å². The first kappa shape index (κ1) is 17.8. The van der Waals surface area contributed by atoms with Crippen LogP contribution in [0.3, 0.4) is 0 Å². The van der Waals surface area contributed by atoms with E-state index in [-0.39, 0.29) is 17.6 Å². The van der Waals surface area contributed by atoms with Crippen LogP contribution in [0.15, 0.2) is 6.07 Å².